The average Bonchev–Trinajstić information content (AvgIpc) is 2.71. The number of benzene rings is 2. The zero-order chi connectivity index (χ0) is 22.1. The van der Waals surface area contributed by atoms with Gasteiger partial charge in [0.25, 0.3) is 5.91 Å². The highest BCUT2D eigenvalue weighted by Crippen LogP contribution is 2.16. The van der Waals surface area contributed by atoms with Gasteiger partial charge < -0.3 is 15.0 Å². The molecule has 0 heterocycles. The van der Waals surface area contributed by atoms with Crippen LogP contribution in [0.25, 0.3) is 0 Å². The second-order valence-corrected chi connectivity index (χ2v) is 7.86. The van der Waals surface area contributed by atoms with E-state index in [-0.39, 0.29) is 24.5 Å². The molecule has 0 radical (unpaired) electrons. The van der Waals surface area contributed by atoms with Crippen LogP contribution in [0, 0.1) is 13.8 Å². The van der Waals surface area contributed by atoms with E-state index >= 15 is 0 Å². The molecule has 2 atom stereocenters. The van der Waals surface area contributed by atoms with Crippen LogP contribution in [0.2, 0.25) is 0 Å². The highest BCUT2D eigenvalue weighted by atomic mass is 16.5. The van der Waals surface area contributed by atoms with Gasteiger partial charge in [0.15, 0.2) is 6.61 Å². The summed E-state index contributed by atoms with van der Waals surface area (Å²) in [6.07, 6.45) is 1.37. The first-order chi connectivity index (χ1) is 14.3. The number of hydrogen-bond donors (Lipinski definition) is 1. The molecule has 2 rings (SSSR count). The van der Waals surface area contributed by atoms with Crippen molar-refractivity contribution in [3.8, 4) is 5.75 Å². The van der Waals surface area contributed by atoms with Crippen molar-refractivity contribution in [2.75, 3.05) is 6.61 Å². The number of aryl methyl sites for hydroxylation is 2. The summed E-state index contributed by atoms with van der Waals surface area (Å²) in [6, 6.07) is 15.1. The Morgan fingerprint density at radius 2 is 1.67 bits per heavy atom. The van der Waals surface area contributed by atoms with E-state index in [4.69, 9.17) is 4.74 Å². The normalized spacial score (nSPS) is 12.7. The Balaban J connectivity index is 2.21. The third kappa shape index (κ3) is 6.90. The van der Waals surface area contributed by atoms with Gasteiger partial charge in [0.1, 0.15) is 11.8 Å². The summed E-state index contributed by atoms with van der Waals surface area (Å²) >= 11 is 0. The Morgan fingerprint density at radius 3 is 2.27 bits per heavy atom. The number of hydrogen-bond acceptors (Lipinski definition) is 3. The van der Waals surface area contributed by atoms with Crippen LogP contribution in [-0.4, -0.2) is 35.4 Å². The van der Waals surface area contributed by atoms with Crippen molar-refractivity contribution in [2.45, 2.75) is 66.1 Å². The van der Waals surface area contributed by atoms with Gasteiger partial charge >= 0.3 is 0 Å². The number of carbonyl (C=O) groups is 2. The molecule has 1 N–H and O–H groups in total. The first-order valence-electron chi connectivity index (χ1n) is 10.7. The van der Waals surface area contributed by atoms with Gasteiger partial charge in [0, 0.05) is 12.6 Å². The summed E-state index contributed by atoms with van der Waals surface area (Å²) in [5.41, 5.74) is 3.18. The quantitative estimate of drug-likeness (QED) is 0.631. The van der Waals surface area contributed by atoms with Crippen molar-refractivity contribution in [1.29, 1.82) is 0 Å². The number of nitrogens with zero attached hydrogens (tertiary/aromatic N) is 1. The third-order valence-electron chi connectivity index (χ3n) is 5.17. The predicted molar refractivity (Wildman–Crippen MR) is 120 cm³/mol. The topological polar surface area (TPSA) is 58.6 Å². The van der Waals surface area contributed by atoms with Crippen molar-refractivity contribution in [3.05, 3.63) is 65.2 Å². The molecule has 0 saturated carbocycles. The molecule has 0 aliphatic rings. The second-order valence-electron chi connectivity index (χ2n) is 7.86. The first-order valence-corrected chi connectivity index (χ1v) is 10.7. The molecule has 0 fully saturated rings. The van der Waals surface area contributed by atoms with Crippen LogP contribution >= 0.6 is 0 Å². The van der Waals surface area contributed by atoms with Crippen LogP contribution in [0.1, 0.15) is 50.3 Å². The lowest BCUT2D eigenvalue weighted by molar-refractivity contribution is -0.143. The highest BCUT2D eigenvalue weighted by Gasteiger charge is 2.29. The third-order valence-corrected chi connectivity index (χ3v) is 5.17. The van der Waals surface area contributed by atoms with Crippen molar-refractivity contribution >= 4 is 11.8 Å². The molecule has 0 unspecified atom stereocenters. The number of nitrogens with one attached hydrogen (secondary N) is 1. The lowest BCUT2D eigenvalue weighted by Crippen LogP contribution is -2.51. The van der Waals surface area contributed by atoms with Gasteiger partial charge in [-0.05, 0) is 56.9 Å². The van der Waals surface area contributed by atoms with Gasteiger partial charge in [-0.2, -0.15) is 0 Å². The SMILES string of the molecule is CC[C@H](C(=O)N[C@@H](C)CC)N(Cc1cccc(C)c1)C(=O)COc1cccc(C)c1. The maximum Gasteiger partial charge on any atom is 0.261 e. The summed E-state index contributed by atoms with van der Waals surface area (Å²) in [6.45, 7) is 10.2. The minimum Gasteiger partial charge on any atom is -0.484 e. The van der Waals surface area contributed by atoms with E-state index in [0.717, 1.165) is 23.1 Å². The molecule has 2 aromatic rings. The van der Waals surface area contributed by atoms with Gasteiger partial charge in [-0.1, -0.05) is 55.8 Å². The van der Waals surface area contributed by atoms with E-state index in [2.05, 4.69) is 5.32 Å². The molecule has 0 aliphatic carbocycles. The van der Waals surface area contributed by atoms with Gasteiger partial charge in [-0.25, -0.2) is 0 Å². The molecule has 2 aromatic carbocycles. The molecule has 0 aromatic heterocycles. The van der Waals surface area contributed by atoms with E-state index in [1.165, 1.54) is 0 Å². The van der Waals surface area contributed by atoms with Gasteiger partial charge in [-0.15, -0.1) is 0 Å². The maximum atomic E-state index is 13.2. The van der Waals surface area contributed by atoms with Gasteiger partial charge in [0.2, 0.25) is 5.91 Å². The molecule has 0 spiro atoms. The van der Waals surface area contributed by atoms with E-state index < -0.39 is 6.04 Å². The number of rotatable bonds is 10. The monoisotopic (exact) mass is 410 g/mol. The number of carbonyl (C=O) groups excluding carboxylic acids is 2. The molecule has 5 nitrogen and oxygen atoms in total. The predicted octanol–water partition coefficient (Wildman–Crippen LogP) is 4.40. The minimum absolute atomic E-state index is 0.0611. The van der Waals surface area contributed by atoms with Gasteiger partial charge in [0.05, 0.1) is 0 Å². The molecular weight excluding hydrogens is 376 g/mol. The van der Waals surface area contributed by atoms with Gasteiger partial charge in [-0.3, -0.25) is 9.59 Å². The first kappa shape index (κ1) is 23.5. The maximum absolute atomic E-state index is 13.2. The van der Waals surface area contributed by atoms with E-state index in [1.807, 2.05) is 83.1 Å². The van der Waals surface area contributed by atoms with Crippen LogP contribution in [-0.2, 0) is 16.1 Å². The Labute approximate surface area is 180 Å². The highest BCUT2D eigenvalue weighted by molar-refractivity contribution is 5.88. The second kappa shape index (κ2) is 11.4. The fraction of sp³-hybridized carbons (Fsp3) is 0.440. The van der Waals surface area contributed by atoms with Crippen molar-refractivity contribution in [2.24, 2.45) is 0 Å². The molecule has 0 saturated heterocycles. The summed E-state index contributed by atoms with van der Waals surface area (Å²) < 4.78 is 5.74. The van der Waals surface area contributed by atoms with Crippen LogP contribution in [0.5, 0.6) is 5.75 Å². The van der Waals surface area contributed by atoms with Crippen LogP contribution in [0.3, 0.4) is 0 Å². The molecule has 162 valence electrons. The standard InChI is InChI=1S/C25H34N2O3/c1-6-20(5)26-25(29)23(7-2)27(16-21-12-8-10-18(3)14-21)24(28)17-30-22-13-9-11-19(4)15-22/h8-15,20,23H,6-7,16-17H2,1-5H3,(H,26,29)/t20-,23+/m0/s1. The largest absolute Gasteiger partial charge is 0.484 e. The van der Waals surface area contributed by atoms with E-state index in [1.54, 1.807) is 4.90 Å². The summed E-state index contributed by atoms with van der Waals surface area (Å²) in [4.78, 5) is 27.7. The molecule has 2 amide bonds. The minimum atomic E-state index is -0.548. The molecule has 0 aliphatic heterocycles. The Hall–Kier alpha value is -2.82. The Morgan fingerprint density at radius 1 is 1.00 bits per heavy atom. The molecule has 0 bridgehead atoms. The fourth-order valence-electron chi connectivity index (χ4n) is 3.30. The smallest absolute Gasteiger partial charge is 0.261 e. The molecule has 5 heteroatoms. The molecular formula is C25H34N2O3. The Bertz CT molecular complexity index is 850. The van der Waals surface area contributed by atoms with Crippen molar-refractivity contribution < 1.29 is 14.3 Å². The van der Waals surface area contributed by atoms with Crippen LogP contribution < -0.4 is 10.1 Å². The Kier molecular flexibility index (Phi) is 8.90. The van der Waals surface area contributed by atoms with Crippen molar-refractivity contribution in [3.63, 3.8) is 0 Å². The van der Waals surface area contributed by atoms with Crippen molar-refractivity contribution in [1.82, 2.24) is 10.2 Å². The molecule has 30 heavy (non-hydrogen) atoms. The lowest BCUT2D eigenvalue weighted by Gasteiger charge is -2.31. The average molecular weight is 411 g/mol. The van der Waals surface area contributed by atoms with E-state index in [9.17, 15) is 9.59 Å². The zero-order valence-corrected chi connectivity index (χ0v) is 18.8. The summed E-state index contributed by atoms with van der Waals surface area (Å²) in [5.74, 6) is 0.323. The summed E-state index contributed by atoms with van der Waals surface area (Å²) in [5, 5.41) is 3.02. The zero-order valence-electron chi connectivity index (χ0n) is 18.8. The van der Waals surface area contributed by atoms with Crippen LogP contribution in [0.4, 0.5) is 0 Å². The number of ether oxygens (including phenoxy) is 1. The van der Waals surface area contributed by atoms with Crippen LogP contribution in [0.15, 0.2) is 48.5 Å². The van der Waals surface area contributed by atoms with E-state index in [0.29, 0.717) is 18.7 Å². The number of amides is 2. The summed E-state index contributed by atoms with van der Waals surface area (Å²) in [7, 11) is 0. The lowest BCUT2D eigenvalue weighted by atomic mass is 10.1. The fourth-order valence-corrected chi connectivity index (χ4v) is 3.30.